The fourth-order valence-corrected chi connectivity index (χ4v) is 1.81. The van der Waals surface area contributed by atoms with Crippen LogP contribution in [0.2, 0.25) is 0 Å². The summed E-state index contributed by atoms with van der Waals surface area (Å²) in [6.45, 7) is 2.08. The third-order valence-electron chi connectivity index (χ3n) is 2.38. The summed E-state index contributed by atoms with van der Waals surface area (Å²) in [6, 6.07) is 0. The van der Waals surface area contributed by atoms with E-state index in [1.54, 1.807) is 0 Å². The van der Waals surface area contributed by atoms with Crippen LogP contribution in [-0.2, 0) is 4.79 Å². The first-order valence-electron chi connectivity index (χ1n) is 3.83. The molecule has 3 nitrogen and oxygen atoms in total. The standard InChI is InChI=1S/C7H12N2O/c10-6-4-7(9-6)2-1-3-8-5-7/h8H,1-5H2,(H,9,10). The molecule has 2 heterocycles. The fraction of sp³-hybridized carbons (Fsp3) is 0.857. The minimum Gasteiger partial charge on any atom is -0.349 e. The summed E-state index contributed by atoms with van der Waals surface area (Å²) < 4.78 is 0. The SMILES string of the molecule is O=C1CC2(CCCNC2)N1. The van der Waals surface area contributed by atoms with Gasteiger partial charge in [0, 0.05) is 6.54 Å². The Kier molecular flexibility index (Phi) is 1.20. The first kappa shape index (κ1) is 6.16. The van der Waals surface area contributed by atoms with Gasteiger partial charge in [-0.3, -0.25) is 4.79 Å². The molecule has 56 valence electrons. The van der Waals surface area contributed by atoms with Gasteiger partial charge in [-0.2, -0.15) is 0 Å². The molecule has 0 aromatic rings. The van der Waals surface area contributed by atoms with Crippen molar-refractivity contribution in [3.63, 3.8) is 0 Å². The number of nitrogens with one attached hydrogen (secondary N) is 2. The van der Waals surface area contributed by atoms with Gasteiger partial charge in [-0.25, -0.2) is 0 Å². The molecule has 1 amide bonds. The molecule has 0 saturated carbocycles. The third-order valence-corrected chi connectivity index (χ3v) is 2.38. The van der Waals surface area contributed by atoms with E-state index in [1.165, 1.54) is 6.42 Å². The lowest BCUT2D eigenvalue weighted by Gasteiger charge is -2.45. The predicted octanol–water partition coefficient (Wildman–Crippen LogP) is -0.372. The van der Waals surface area contributed by atoms with Gasteiger partial charge < -0.3 is 10.6 Å². The second-order valence-corrected chi connectivity index (χ2v) is 3.29. The van der Waals surface area contributed by atoms with Crippen LogP contribution in [0.5, 0.6) is 0 Å². The van der Waals surface area contributed by atoms with Crippen molar-refractivity contribution in [1.29, 1.82) is 0 Å². The first-order valence-corrected chi connectivity index (χ1v) is 3.83. The Morgan fingerprint density at radius 2 is 2.30 bits per heavy atom. The lowest BCUT2D eigenvalue weighted by atomic mass is 9.81. The van der Waals surface area contributed by atoms with Crippen molar-refractivity contribution in [2.45, 2.75) is 24.8 Å². The molecule has 1 unspecified atom stereocenters. The molecule has 2 N–H and O–H groups in total. The number of rotatable bonds is 0. The van der Waals surface area contributed by atoms with Crippen molar-refractivity contribution in [3.05, 3.63) is 0 Å². The van der Waals surface area contributed by atoms with Crippen LogP contribution in [-0.4, -0.2) is 24.5 Å². The number of carbonyl (C=O) groups is 1. The average Bonchev–Trinajstić information content (AvgIpc) is 1.87. The zero-order valence-corrected chi connectivity index (χ0v) is 5.94. The molecule has 0 radical (unpaired) electrons. The van der Waals surface area contributed by atoms with E-state index in [1.807, 2.05) is 0 Å². The van der Waals surface area contributed by atoms with Gasteiger partial charge in [-0.05, 0) is 19.4 Å². The van der Waals surface area contributed by atoms with Gasteiger partial charge in [-0.1, -0.05) is 0 Å². The molecule has 0 aromatic carbocycles. The smallest absolute Gasteiger partial charge is 0.222 e. The molecule has 1 spiro atoms. The van der Waals surface area contributed by atoms with Crippen LogP contribution in [0.15, 0.2) is 0 Å². The van der Waals surface area contributed by atoms with Gasteiger partial charge in [0.2, 0.25) is 5.91 Å². The Morgan fingerprint density at radius 3 is 2.80 bits per heavy atom. The van der Waals surface area contributed by atoms with E-state index in [2.05, 4.69) is 10.6 Å². The summed E-state index contributed by atoms with van der Waals surface area (Å²) in [5, 5.41) is 6.24. The molecule has 1 atom stereocenters. The molecule has 2 rings (SSSR count). The van der Waals surface area contributed by atoms with Crippen LogP contribution in [0.3, 0.4) is 0 Å². The van der Waals surface area contributed by atoms with Crippen molar-refractivity contribution >= 4 is 5.91 Å². The number of amides is 1. The topological polar surface area (TPSA) is 41.1 Å². The van der Waals surface area contributed by atoms with E-state index < -0.39 is 0 Å². The average molecular weight is 140 g/mol. The highest BCUT2D eigenvalue weighted by Gasteiger charge is 2.42. The summed E-state index contributed by atoms with van der Waals surface area (Å²) in [5.74, 6) is 0.212. The Labute approximate surface area is 60.2 Å². The lowest BCUT2D eigenvalue weighted by molar-refractivity contribution is -0.133. The summed E-state index contributed by atoms with van der Waals surface area (Å²) in [7, 11) is 0. The maximum atomic E-state index is 10.6. The zero-order chi connectivity index (χ0) is 7.03. The van der Waals surface area contributed by atoms with Crippen molar-refractivity contribution in [3.8, 4) is 0 Å². The second kappa shape index (κ2) is 1.95. The summed E-state index contributed by atoms with van der Waals surface area (Å²) in [4.78, 5) is 10.6. The quantitative estimate of drug-likeness (QED) is 0.451. The van der Waals surface area contributed by atoms with Crippen LogP contribution in [0, 0.1) is 0 Å². The molecule has 3 heteroatoms. The highest BCUT2D eigenvalue weighted by atomic mass is 16.2. The van der Waals surface area contributed by atoms with Gasteiger partial charge in [0.25, 0.3) is 0 Å². The minimum absolute atomic E-state index is 0.162. The number of piperidine rings is 1. The van der Waals surface area contributed by atoms with Gasteiger partial charge in [0.05, 0.1) is 12.0 Å². The van der Waals surface area contributed by atoms with Crippen LogP contribution in [0.4, 0.5) is 0 Å². The maximum Gasteiger partial charge on any atom is 0.222 e. The highest BCUT2D eigenvalue weighted by molar-refractivity contribution is 5.84. The van der Waals surface area contributed by atoms with E-state index in [9.17, 15) is 4.79 Å². The van der Waals surface area contributed by atoms with Crippen molar-refractivity contribution < 1.29 is 4.79 Å². The molecule has 0 bridgehead atoms. The van der Waals surface area contributed by atoms with Gasteiger partial charge >= 0.3 is 0 Å². The molecule has 2 aliphatic heterocycles. The van der Waals surface area contributed by atoms with Crippen LogP contribution in [0.25, 0.3) is 0 Å². The Balaban J connectivity index is 1.96. The number of carbonyl (C=O) groups excluding carboxylic acids is 1. The lowest BCUT2D eigenvalue weighted by Crippen LogP contribution is -2.67. The molecule has 2 saturated heterocycles. The summed E-state index contributed by atoms with van der Waals surface area (Å²) in [5.41, 5.74) is 0.162. The van der Waals surface area contributed by atoms with E-state index >= 15 is 0 Å². The summed E-state index contributed by atoms with van der Waals surface area (Å²) >= 11 is 0. The van der Waals surface area contributed by atoms with Crippen molar-refractivity contribution in [1.82, 2.24) is 10.6 Å². The van der Waals surface area contributed by atoms with Crippen LogP contribution >= 0.6 is 0 Å². The Morgan fingerprint density at radius 1 is 1.50 bits per heavy atom. The molecular formula is C7H12N2O. The minimum atomic E-state index is 0.162. The Hall–Kier alpha value is -0.570. The third kappa shape index (κ3) is 0.814. The zero-order valence-electron chi connectivity index (χ0n) is 5.94. The van der Waals surface area contributed by atoms with Crippen molar-refractivity contribution in [2.75, 3.05) is 13.1 Å². The molecule has 0 aromatic heterocycles. The van der Waals surface area contributed by atoms with Crippen LogP contribution < -0.4 is 10.6 Å². The molecule has 2 fully saturated rings. The van der Waals surface area contributed by atoms with E-state index in [4.69, 9.17) is 0 Å². The first-order chi connectivity index (χ1) is 4.81. The largest absolute Gasteiger partial charge is 0.349 e. The normalized spacial score (nSPS) is 39.0. The molecular weight excluding hydrogens is 128 g/mol. The second-order valence-electron chi connectivity index (χ2n) is 3.29. The van der Waals surface area contributed by atoms with E-state index in [-0.39, 0.29) is 11.4 Å². The molecule has 0 aliphatic carbocycles. The molecule has 10 heavy (non-hydrogen) atoms. The number of hydrogen-bond acceptors (Lipinski definition) is 2. The number of β-lactam (4-membered cyclic amide) rings is 1. The van der Waals surface area contributed by atoms with E-state index in [0.717, 1.165) is 25.9 Å². The maximum absolute atomic E-state index is 10.6. The molecule has 2 aliphatic rings. The Bertz CT molecular complexity index is 151. The van der Waals surface area contributed by atoms with Gasteiger partial charge in [0.1, 0.15) is 0 Å². The van der Waals surface area contributed by atoms with Gasteiger partial charge in [-0.15, -0.1) is 0 Å². The predicted molar refractivity (Wildman–Crippen MR) is 37.6 cm³/mol. The van der Waals surface area contributed by atoms with Gasteiger partial charge in [0.15, 0.2) is 0 Å². The monoisotopic (exact) mass is 140 g/mol. The number of hydrogen-bond donors (Lipinski definition) is 2. The fourth-order valence-electron chi connectivity index (χ4n) is 1.81. The van der Waals surface area contributed by atoms with E-state index in [0.29, 0.717) is 0 Å². The summed E-state index contributed by atoms with van der Waals surface area (Å²) in [6.07, 6.45) is 3.09. The van der Waals surface area contributed by atoms with Crippen LogP contribution in [0.1, 0.15) is 19.3 Å². The highest BCUT2D eigenvalue weighted by Crippen LogP contribution is 2.26. The van der Waals surface area contributed by atoms with Crippen molar-refractivity contribution in [2.24, 2.45) is 0 Å².